The Morgan fingerprint density at radius 3 is 1.97 bits per heavy atom. The second-order valence-electron chi connectivity index (χ2n) is 8.56. The van der Waals surface area contributed by atoms with E-state index >= 15 is 0 Å². The molecule has 0 amide bonds. The highest BCUT2D eigenvalue weighted by Crippen LogP contribution is 2.33. The lowest BCUT2D eigenvalue weighted by atomic mass is 9.87. The fourth-order valence-electron chi connectivity index (χ4n) is 3.18. The van der Waals surface area contributed by atoms with E-state index in [1.165, 1.54) is 43.0 Å². The molecule has 4 nitrogen and oxygen atoms in total. The van der Waals surface area contributed by atoms with Crippen molar-refractivity contribution in [3.8, 4) is 28.4 Å². The zero-order valence-electron chi connectivity index (χ0n) is 19.3. The Bertz CT molecular complexity index is 1160. The summed E-state index contributed by atoms with van der Waals surface area (Å²) in [5, 5.41) is 0. The first-order chi connectivity index (χ1) is 15.9. The van der Waals surface area contributed by atoms with Crippen LogP contribution in [-0.4, -0.2) is 19.4 Å². The van der Waals surface area contributed by atoms with E-state index in [0.29, 0.717) is 22.6 Å². The van der Waals surface area contributed by atoms with Crippen molar-refractivity contribution in [2.45, 2.75) is 32.5 Å². The van der Waals surface area contributed by atoms with E-state index < -0.39 is 12.3 Å². The molecule has 7 heteroatoms. The molecule has 0 fully saturated rings. The minimum Gasteiger partial charge on any atom is -0.466 e. The topological polar surface area (TPSA) is 44.8 Å². The molecule has 0 aliphatic heterocycles. The van der Waals surface area contributed by atoms with Gasteiger partial charge >= 0.3 is 12.3 Å². The van der Waals surface area contributed by atoms with Gasteiger partial charge in [0.1, 0.15) is 17.2 Å². The third-order valence-electron chi connectivity index (χ3n) is 4.98. The molecule has 0 aliphatic rings. The van der Waals surface area contributed by atoms with Crippen LogP contribution >= 0.6 is 0 Å². The number of methoxy groups -OCH3 is 1. The molecular formula is C27H25F3O4. The normalized spacial score (nSPS) is 12.0. The molecule has 178 valence electrons. The SMILES string of the molecule is COC(=O)/C=C\c1cc(-c2ccc(OC(F)(F)F)cc2)ccc1Oc1ccc(C(C)(C)C)cc1. The number of rotatable bonds is 6. The number of carbonyl (C=O) groups excluding carboxylic acids is 1. The Balaban J connectivity index is 1.91. The summed E-state index contributed by atoms with van der Waals surface area (Å²) in [7, 11) is 1.28. The summed E-state index contributed by atoms with van der Waals surface area (Å²) in [5.41, 5.74) is 3.16. The lowest BCUT2D eigenvalue weighted by Crippen LogP contribution is -2.16. The first-order valence-electron chi connectivity index (χ1n) is 10.5. The highest BCUT2D eigenvalue weighted by atomic mass is 19.4. The molecule has 0 aliphatic carbocycles. The van der Waals surface area contributed by atoms with E-state index in [0.717, 1.165) is 5.56 Å². The molecule has 34 heavy (non-hydrogen) atoms. The maximum Gasteiger partial charge on any atom is 0.573 e. The van der Waals surface area contributed by atoms with Crippen molar-refractivity contribution in [3.05, 3.63) is 83.9 Å². The monoisotopic (exact) mass is 470 g/mol. The minimum absolute atomic E-state index is 0.00921. The maximum atomic E-state index is 12.4. The number of ether oxygens (including phenoxy) is 3. The van der Waals surface area contributed by atoms with E-state index in [-0.39, 0.29) is 11.2 Å². The van der Waals surface area contributed by atoms with Gasteiger partial charge in [0.05, 0.1) is 7.11 Å². The van der Waals surface area contributed by atoms with Gasteiger partial charge in [-0.2, -0.15) is 0 Å². The molecule has 0 N–H and O–H groups in total. The number of esters is 1. The molecule has 0 spiro atoms. The Kier molecular flexibility index (Phi) is 7.35. The van der Waals surface area contributed by atoms with Gasteiger partial charge in [-0.1, -0.05) is 51.1 Å². The van der Waals surface area contributed by atoms with Crippen LogP contribution in [0.2, 0.25) is 0 Å². The van der Waals surface area contributed by atoms with Crippen LogP contribution in [0.15, 0.2) is 72.8 Å². The van der Waals surface area contributed by atoms with Gasteiger partial charge in [-0.3, -0.25) is 0 Å². The van der Waals surface area contributed by atoms with Gasteiger partial charge in [-0.05, 0) is 64.6 Å². The molecule has 0 heterocycles. The minimum atomic E-state index is -4.75. The molecule has 3 aromatic carbocycles. The first kappa shape index (κ1) is 24.9. The van der Waals surface area contributed by atoms with Crippen molar-refractivity contribution < 1.29 is 32.2 Å². The third-order valence-corrected chi connectivity index (χ3v) is 4.98. The van der Waals surface area contributed by atoms with Crippen molar-refractivity contribution >= 4 is 12.0 Å². The van der Waals surface area contributed by atoms with Gasteiger partial charge in [0.2, 0.25) is 0 Å². The van der Waals surface area contributed by atoms with Crippen LogP contribution in [0, 0.1) is 0 Å². The fraction of sp³-hybridized carbons (Fsp3) is 0.222. The number of hydrogen-bond donors (Lipinski definition) is 0. The molecule has 0 saturated carbocycles. The summed E-state index contributed by atoms with van der Waals surface area (Å²) in [6.07, 6.45) is -1.91. The summed E-state index contributed by atoms with van der Waals surface area (Å²) in [5.74, 6) is 0.298. The van der Waals surface area contributed by atoms with E-state index in [1.807, 2.05) is 24.3 Å². The smallest absolute Gasteiger partial charge is 0.466 e. The van der Waals surface area contributed by atoms with Gasteiger partial charge in [0.15, 0.2) is 0 Å². The van der Waals surface area contributed by atoms with Gasteiger partial charge in [0.25, 0.3) is 0 Å². The molecular weight excluding hydrogens is 445 g/mol. The molecule has 3 rings (SSSR count). The van der Waals surface area contributed by atoms with Crippen LogP contribution in [0.1, 0.15) is 31.9 Å². The average Bonchev–Trinajstić information content (AvgIpc) is 2.77. The predicted octanol–water partition coefficient (Wildman–Crippen LogP) is 7.53. The van der Waals surface area contributed by atoms with Crippen LogP contribution in [-0.2, 0) is 14.9 Å². The quantitative estimate of drug-likeness (QED) is 0.276. The number of benzene rings is 3. The second-order valence-corrected chi connectivity index (χ2v) is 8.56. The average molecular weight is 470 g/mol. The lowest BCUT2D eigenvalue weighted by Gasteiger charge is -2.19. The number of halogens is 3. The molecule has 0 saturated heterocycles. The highest BCUT2D eigenvalue weighted by molar-refractivity contribution is 5.88. The van der Waals surface area contributed by atoms with Crippen molar-refractivity contribution in [2.24, 2.45) is 0 Å². The van der Waals surface area contributed by atoms with Crippen LogP contribution in [0.5, 0.6) is 17.2 Å². The van der Waals surface area contributed by atoms with Gasteiger partial charge in [0, 0.05) is 11.6 Å². The first-order valence-corrected chi connectivity index (χ1v) is 10.5. The standard InChI is InChI=1S/C27H25F3O4/c1-26(2,3)21-9-13-22(14-10-21)33-24-15-7-19(17-20(24)8-16-25(31)32-4)18-5-11-23(12-6-18)34-27(28,29)30/h5-17H,1-4H3/b16-8-. The predicted molar refractivity (Wildman–Crippen MR) is 125 cm³/mol. The zero-order chi connectivity index (χ0) is 24.9. The summed E-state index contributed by atoms with van der Waals surface area (Å²) < 4.78 is 51.9. The molecule has 0 bridgehead atoms. The number of hydrogen-bond acceptors (Lipinski definition) is 4. The van der Waals surface area contributed by atoms with Crippen LogP contribution in [0.4, 0.5) is 13.2 Å². The van der Waals surface area contributed by atoms with Crippen molar-refractivity contribution in [1.29, 1.82) is 0 Å². The van der Waals surface area contributed by atoms with Crippen molar-refractivity contribution in [3.63, 3.8) is 0 Å². The lowest BCUT2D eigenvalue weighted by molar-refractivity contribution is -0.274. The Labute approximate surface area is 196 Å². The van der Waals surface area contributed by atoms with Crippen LogP contribution < -0.4 is 9.47 Å². The number of carbonyl (C=O) groups is 1. The molecule has 0 radical (unpaired) electrons. The second kappa shape index (κ2) is 10.0. The van der Waals surface area contributed by atoms with Crippen LogP contribution in [0.3, 0.4) is 0 Å². The molecule has 0 unspecified atom stereocenters. The van der Waals surface area contributed by atoms with E-state index in [1.54, 1.807) is 24.3 Å². The van der Waals surface area contributed by atoms with Gasteiger partial charge in [-0.15, -0.1) is 13.2 Å². The van der Waals surface area contributed by atoms with Gasteiger partial charge < -0.3 is 14.2 Å². The Hall–Kier alpha value is -3.74. The Morgan fingerprint density at radius 2 is 1.41 bits per heavy atom. The zero-order valence-corrected chi connectivity index (χ0v) is 19.3. The largest absolute Gasteiger partial charge is 0.573 e. The van der Waals surface area contributed by atoms with Crippen molar-refractivity contribution in [1.82, 2.24) is 0 Å². The number of alkyl halides is 3. The fourth-order valence-corrected chi connectivity index (χ4v) is 3.18. The van der Waals surface area contributed by atoms with E-state index in [9.17, 15) is 18.0 Å². The highest BCUT2D eigenvalue weighted by Gasteiger charge is 2.31. The van der Waals surface area contributed by atoms with E-state index in [2.05, 4.69) is 30.2 Å². The van der Waals surface area contributed by atoms with Crippen molar-refractivity contribution in [2.75, 3.05) is 7.11 Å². The molecule has 0 aromatic heterocycles. The molecule has 3 aromatic rings. The summed E-state index contributed by atoms with van der Waals surface area (Å²) in [4.78, 5) is 11.6. The van der Waals surface area contributed by atoms with Crippen LogP contribution in [0.25, 0.3) is 17.2 Å². The summed E-state index contributed by atoms with van der Waals surface area (Å²) >= 11 is 0. The maximum absolute atomic E-state index is 12.4. The summed E-state index contributed by atoms with van der Waals surface area (Å²) in [6, 6.07) is 18.6. The molecule has 0 atom stereocenters. The van der Waals surface area contributed by atoms with Gasteiger partial charge in [-0.25, -0.2) is 4.79 Å². The Morgan fingerprint density at radius 1 is 0.824 bits per heavy atom. The third kappa shape index (κ3) is 6.88. The van der Waals surface area contributed by atoms with E-state index in [4.69, 9.17) is 4.74 Å². The summed E-state index contributed by atoms with van der Waals surface area (Å²) in [6.45, 7) is 6.37.